The number of carbonyl (C=O) groups excluding carboxylic acids is 2. The second-order valence-electron chi connectivity index (χ2n) is 5.97. The quantitative estimate of drug-likeness (QED) is 0.539. The van der Waals surface area contributed by atoms with Crippen LogP contribution in [0.15, 0.2) is 82.8 Å². The highest BCUT2D eigenvalue weighted by atomic mass is 32.2. The molecule has 3 aromatic rings. The van der Waals surface area contributed by atoms with Crippen LogP contribution in [0.2, 0.25) is 0 Å². The van der Waals surface area contributed by atoms with Gasteiger partial charge in [-0.2, -0.15) is 0 Å². The van der Waals surface area contributed by atoms with E-state index < -0.39 is 11.8 Å². The topological polar surface area (TPSA) is 89.5 Å². The number of rotatable bonds is 8. The Labute approximate surface area is 178 Å². The van der Waals surface area contributed by atoms with Gasteiger partial charge in [0.2, 0.25) is 0 Å². The highest BCUT2D eigenvalue weighted by Gasteiger charge is 2.10. The van der Waals surface area contributed by atoms with Gasteiger partial charge in [-0.15, -0.1) is 0 Å². The molecule has 0 fully saturated rings. The molecule has 0 saturated heterocycles. The Kier molecular flexibility index (Phi) is 7.68. The Bertz CT molecular complexity index is 981. The van der Waals surface area contributed by atoms with Crippen LogP contribution in [0.1, 0.15) is 17.3 Å². The fourth-order valence-electron chi connectivity index (χ4n) is 2.42. The number of amides is 2. The van der Waals surface area contributed by atoms with E-state index in [1.54, 1.807) is 36.5 Å². The molecule has 0 atom stereocenters. The maximum Gasteiger partial charge on any atom is 0.276 e. The van der Waals surface area contributed by atoms with Crippen molar-refractivity contribution in [3.63, 3.8) is 0 Å². The lowest BCUT2D eigenvalue weighted by atomic mass is 10.2. The van der Waals surface area contributed by atoms with Crippen molar-refractivity contribution < 1.29 is 19.1 Å². The first-order valence-corrected chi connectivity index (χ1v) is 10.1. The average Bonchev–Trinajstić information content (AvgIpc) is 2.78. The number of aromatic nitrogens is 1. The number of carbonyl (C=O) groups is 2. The Morgan fingerprint density at radius 2 is 1.60 bits per heavy atom. The van der Waals surface area contributed by atoms with Gasteiger partial charge in [0.1, 0.15) is 5.03 Å². The minimum Gasteiger partial charge on any atom is -0.490 e. The number of benzene rings is 2. The van der Waals surface area contributed by atoms with E-state index in [1.807, 2.05) is 43.3 Å². The number of pyridine rings is 1. The largest absolute Gasteiger partial charge is 0.490 e. The maximum absolute atomic E-state index is 12.2. The van der Waals surface area contributed by atoms with Gasteiger partial charge in [-0.25, -0.2) is 4.98 Å². The van der Waals surface area contributed by atoms with Gasteiger partial charge in [0, 0.05) is 16.7 Å². The molecule has 0 aliphatic rings. The molecule has 2 N–H and O–H groups in total. The number of hydrogen-bond acceptors (Lipinski definition) is 6. The summed E-state index contributed by atoms with van der Waals surface area (Å²) in [6.45, 7) is 2.09. The summed E-state index contributed by atoms with van der Waals surface area (Å²) >= 11 is 1.50. The smallest absolute Gasteiger partial charge is 0.276 e. The summed E-state index contributed by atoms with van der Waals surface area (Å²) in [7, 11) is 0. The molecule has 8 heteroatoms. The van der Waals surface area contributed by atoms with E-state index in [1.165, 1.54) is 11.8 Å². The summed E-state index contributed by atoms with van der Waals surface area (Å²) in [6.07, 6.45) is 1.73. The molecule has 154 valence electrons. The van der Waals surface area contributed by atoms with Crippen LogP contribution in [0.3, 0.4) is 0 Å². The minimum absolute atomic E-state index is 0.260. The molecule has 0 radical (unpaired) electrons. The summed E-state index contributed by atoms with van der Waals surface area (Å²) in [6, 6.07) is 19.8. The van der Waals surface area contributed by atoms with Gasteiger partial charge in [0.05, 0.1) is 6.61 Å². The number of nitrogens with zero attached hydrogens (tertiary/aromatic N) is 1. The lowest BCUT2D eigenvalue weighted by molar-refractivity contribution is -0.123. The third-order valence-electron chi connectivity index (χ3n) is 3.80. The molecule has 7 nitrogen and oxygen atoms in total. The maximum atomic E-state index is 12.2. The van der Waals surface area contributed by atoms with Crippen LogP contribution in [0, 0.1) is 0 Å². The van der Waals surface area contributed by atoms with Gasteiger partial charge < -0.3 is 9.47 Å². The lowest BCUT2D eigenvalue weighted by Gasteiger charge is -2.12. The third-order valence-corrected chi connectivity index (χ3v) is 4.76. The van der Waals surface area contributed by atoms with Gasteiger partial charge in [0.25, 0.3) is 11.8 Å². The van der Waals surface area contributed by atoms with Crippen LogP contribution >= 0.6 is 11.8 Å². The van der Waals surface area contributed by atoms with Crippen molar-refractivity contribution in [1.82, 2.24) is 15.8 Å². The van der Waals surface area contributed by atoms with E-state index in [-0.39, 0.29) is 6.61 Å². The summed E-state index contributed by atoms with van der Waals surface area (Å²) in [4.78, 5) is 29.4. The standard InChI is InChI=1S/C22H21N3O4S/c1-2-28-18-7-3-4-8-19(18)29-15-20(26)24-25-22(27)16-10-12-17(13-11-16)30-21-9-5-6-14-23-21/h3-14H,2,15H2,1H3,(H,24,26)(H,25,27). The Morgan fingerprint density at radius 3 is 2.27 bits per heavy atom. The molecule has 3 rings (SSSR count). The summed E-state index contributed by atoms with van der Waals surface area (Å²) in [5.74, 6) is 0.103. The van der Waals surface area contributed by atoms with Crippen molar-refractivity contribution >= 4 is 23.6 Å². The Balaban J connectivity index is 1.46. The van der Waals surface area contributed by atoms with Crippen LogP contribution in [-0.2, 0) is 4.79 Å². The SMILES string of the molecule is CCOc1ccccc1OCC(=O)NNC(=O)c1ccc(Sc2ccccn2)cc1. The Morgan fingerprint density at radius 1 is 0.900 bits per heavy atom. The van der Waals surface area contributed by atoms with E-state index in [0.29, 0.717) is 23.7 Å². The first kappa shape index (κ1) is 21.2. The fourth-order valence-corrected chi connectivity index (χ4v) is 3.20. The van der Waals surface area contributed by atoms with Crippen LogP contribution in [0.4, 0.5) is 0 Å². The first-order valence-electron chi connectivity index (χ1n) is 9.28. The van der Waals surface area contributed by atoms with Crippen LogP contribution in [-0.4, -0.2) is 30.0 Å². The Hall–Kier alpha value is -3.52. The van der Waals surface area contributed by atoms with E-state index >= 15 is 0 Å². The van der Waals surface area contributed by atoms with Gasteiger partial charge in [0.15, 0.2) is 18.1 Å². The molecule has 0 aliphatic carbocycles. The van der Waals surface area contributed by atoms with Crippen LogP contribution < -0.4 is 20.3 Å². The van der Waals surface area contributed by atoms with Crippen molar-refractivity contribution in [3.05, 3.63) is 78.5 Å². The first-order chi connectivity index (χ1) is 14.7. The number of hydrazine groups is 1. The van der Waals surface area contributed by atoms with Gasteiger partial charge in [-0.1, -0.05) is 30.0 Å². The molecule has 0 bridgehead atoms. The number of ether oxygens (including phenoxy) is 2. The second-order valence-corrected chi connectivity index (χ2v) is 7.06. The number of para-hydroxylation sites is 2. The van der Waals surface area contributed by atoms with E-state index in [0.717, 1.165) is 9.92 Å². The highest BCUT2D eigenvalue weighted by Crippen LogP contribution is 2.26. The molecule has 2 amide bonds. The van der Waals surface area contributed by atoms with Crippen molar-refractivity contribution in [1.29, 1.82) is 0 Å². The van der Waals surface area contributed by atoms with E-state index in [2.05, 4.69) is 15.8 Å². The van der Waals surface area contributed by atoms with Crippen LogP contribution in [0.25, 0.3) is 0 Å². The summed E-state index contributed by atoms with van der Waals surface area (Å²) in [5, 5.41) is 0.868. The van der Waals surface area contributed by atoms with Crippen molar-refractivity contribution in [3.8, 4) is 11.5 Å². The zero-order valence-electron chi connectivity index (χ0n) is 16.3. The molecule has 0 aliphatic heterocycles. The molecular weight excluding hydrogens is 402 g/mol. The van der Waals surface area contributed by atoms with Crippen molar-refractivity contribution in [2.75, 3.05) is 13.2 Å². The molecular formula is C22H21N3O4S. The molecule has 2 aromatic carbocycles. The molecule has 1 heterocycles. The molecule has 1 aromatic heterocycles. The zero-order chi connectivity index (χ0) is 21.2. The van der Waals surface area contributed by atoms with Crippen molar-refractivity contribution in [2.24, 2.45) is 0 Å². The molecule has 0 saturated carbocycles. The molecule has 0 unspecified atom stereocenters. The molecule has 0 spiro atoms. The van der Waals surface area contributed by atoms with Gasteiger partial charge in [-0.05, 0) is 55.5 Å². The number of nitrogens with one attached hydrogen (secondary N) is 2. The summed E-state index contributed by atoms with van der Waals surface area (Å²) in [5.41, 5.74) is 5.13. The van der Waals surface area contributed by atoms with Gasteiger partial charge in [-0.3, -0.25) is 20.4 Å². The average molecular weight is 423 g/mol. The summed E-state index contributed by atoms with van der Waals surface area (Å²) < 4.78 is 10.9. The zero-order valence-corrected chi connectivity index (χ0v) is 17.1. The predicted molar refractivity (Wildman–Crippen MR) is 114 cm³/mol. The van der Waals surface area contributed by atoms with Crippen LogP contribution in [0.5, 0.6) is 11.5 Å². The predicted octanol–water partition coefficient (Wildman–Crippen LogP) is 3.47. The minimum atomic E-state index is -0.489. The normalized spacial score (nSPS) is 10.2. The van der Waals surface area contributed by atoms with Gasteiger partial charge >= 0.3 is 0 Å². The van der Waals surface area contributed by atoms with E-state index in [4.69, 9.17) is 9.47 Å². The number of hydrogen-bond donors (Lipinski definition) is 2. The second kappa shape index (κ2) is 10.9. The van der Waals surface area contributed by atoms with E-state index in [9.17, 15) is 9.59 Å². The van der Waals surface area contributed by atoms with Crippen molar-refractivity contribution in [2.45, 2.75) is 16.8 Å². The fraction of sp³-hybridized carbons (Fsp3) is 0.136. The molecule has 30 heavy (non-hydrogen) atoms. The lowest BCUT2D eigenvalue weighted by Crippen LogP contribution is -2.43. The third kappa shape index (κ3) is 6.25. The monoisotopic (exact) mass is 423 g/mol. The highest BCUT2D eigenvalue weighted by molar-refractivity contribution is 7.99.